The van der Waals surface area contributed by atoms with Crippen molar-refractivity contribution in [2.24, 2.45) is 5.10 Å². The van der Waals surface area contributed by atoms with Gasteiger partial charge in [-0.25, -0.2) is 9.82 Å². The van der Waals surface area contributed by atoms with E-state index in [1.165, 1.54) is 36.5 Å². The summed E-state index contributed by atoms with van der Waals surface area (Å²) >= 11 is 0. The highest BCUT2D eigenvalue weighted by molar-refractivity contribution is 6.39. The third-order valence-corrected chi connectivity index (χ3v) is 4.00. The monoisotopic (exact) mass is 410 g/mol. The summed E-state index contributed by atoms with van der Waals surface area (Å²) in [5.41, 5.74) is 3.17. The number of para-hydroxylation sites is 1. The Balaban J connectivity index is 1.62. The number of hydrogen-bond donors (Lipinski definition) is 2. The van der Waals surface area contributed by atoms with Crippen LogP contribution in [0.4, 0.5) is 15.8 Å². The Hall–Kier alpha value is -4.34. The third-order valence-electron chi connectivity index (χ3n) is 4.00. The molecule has 0 fully saturated rings. The predicted molar refractivity (Wildman–Crippen MR) is 106 cm³/mol. The predicted octanol–water partition coefficient (Wildman–Crippen LogP) is 3.39. The van der Waals surface area contributed by atoms with Crippen LogP contribution in [0.3, 0.4) is 0 Å². The number of amides is 2. The van der Waals surface area contributed by atoms with E-state index in [1.54, 1.807) is 25.1 Å². The van der Waals surface area contributed by atoms with Crippen molar-refractivity contribution in [3.05, 3.63) is 81.9 Å². The Labute approximate surface area is 169 Å². The standard InChI is InChI=1S/C20H15FN4O5/c1-12-10-13(25(28)29)6-8-15(12)18-9-7-14(30-18)11-22-24-20(27)19(26)23-17-5-3-2-4-16(17)21/h2-11H,1H3,(H,23,26)(H,24,27)/b22-11+. The highest BCUT2D eigenvalue weighted by atomic mass is 19.1. The lowest BCUT2D eigenvalue weighted by Crippen LogP contribution is -2.32. The van der Waals surface area contributed by atoms with Gasteiger partial charge in [-0.1, -0.05) is 12.1 Å². The second-order valence-electron chi connectivity index (χ2n) is 6.09. The molecule has 30 heavy (non-hydrogen) atoms. The molecule has 152 valence electrons. The number of carbonyl (C=O) groups is 2. The summed E-state index contributed by atoms with van der Waals surface area (Å²) in [6, 6.07) is 13.0. The van der Waals surface area contributed by atoms with Crippen LogP contribution in [0, 0.1) is 22.9 Å². The number of nitro benzene ring substituents is 1. The van der Waals surface area contributed by atoms with Gasteiger partial charge in [-0.2, -0.15) is 5.10 Å². The van der Waals surface area contributed by atoms with E-state index in [2.05, 4.69) is 10.4 Å². The number of anilines is 1. The number of hydrogen-bond acceptors (Lipinski definition) is 6. The fourth-order valence-electron chi connectivity index (χ4n) is 2.55. The lowest BCUT2D eigenvalue weighted by molar-refractivity contribution is -0.384. The number of rotatable bonds is 5. The minimum atomic E-state index is -1.09. The summed E-state index contributed by atoms with van der Waals surface area (Å²) in [6.07, 6.45) is 1.18. The smallest absolute Gasteiger partial charge is 0.329 e. The number of non-ortho nitro benzene ring substituents is 1. The van der Waals surface area contributed by atoms with Crippen LogP contribution in [0.1, 0.15) is 11.3 Å². The van der Waals surface area contributed by atoms with E-state index in [0.717, 1.165) is 6.07 Å². The number of furan rings is 1. The largest absolute Gasteiger partial charge is 0.455 e. The topological polar surface area (TPSA) is 127 Å². The molecule has 2 amide bonds. The number of nitrogens with one attached hydrogen (secondary N) is 2. The maximum Gasteiger partial charge on any atom is 0.329 e. The summed E-state index contributed by atoms with van der Waals surface area (Å²) in [5.74, 6) is -2.12. The van der Waals surface area contributed by atoms with Crippen LogP contribution in [-0.4, -0.2) is 23.0 Å². The molecule has 0 aliphatic rings. The first-order valence-corrected chi connectivity index (χ1v) is 8.59. The second kappa shape index (κ2) is 8.78. The van der Waals surface area contributed by atoms with E-state index in [1.807, 2.05) is 5.43 Å². The fourth-order valence-corrected chi connectivity index (χ4v) is 2.55. The molecule has 2 aromatic carbocycles. The van der Waals surface area contributed by atoms with Crippen molar-refractivity contribution in [1.82, 2.24) is 5.43 Å². The van der Waals surface area contributed by atoms with Crippen LogP contribution in [0.2, 0.25) is 0 Å². The van der Waals surface area contributed by atoms with Gasteiger partial charge in [0.2, 0.25) is 0 Å². The molecule has 0 spiro atoms. The van der Waals surface area contributed by atoms with Gasteiger partial charge in [0, 0.05) is 17.7 Å². The second-order valence-corrected chi connectivity index (χ2v) is 6.09. The molecule has 0 aliphatic carbocycles. The maximum absolute atomic E-state index is 13.5. The van der Waals surface area contributed by atoms with Crippen molar-refractivity contribution < 1.29 is 23.3 Å². The number of nitro groups is 1. The van der Waals surface area contributed by atoms with E-state index in [9.17, 15) is 24.1 Å². The molecular formula is C20H15FN4O5. The first-order valence-electron chi connectivity index (χ1n) is 8.59. The minimum absolute atomic E-state index is 0.0269. The van der Waals surface area contributed by atoms with Crippen molar-refractivity contribution in [2.45, 2.75) is 6.92 Å². The molecule has 0 saturated carbocycles. The van der Waals surface area contributed by atoms with Gasteiger partial charge >= 0.3 is 11.8 Å². The fraction of sp³-hybridized carbons (Fsp3) is 0.0500. The highest BCUT2D eigenvalue weighted by Gasteiger charge is 2.15. The van der Waals surface area contributed by atoms with Crippen molar-refractivity contribution in [1.29, 1.82) is 0 Å². The van der Waals surface area contributed by atoms with E-state index in [-0.39, 0.29) is 17.1 Å². The number of hydrazone groups is 1. The first-order chi connectivity index (χ1) is 14.3. The van der Waals surface area contributed by atoms with Crippen molar-refractivity contribution in [2.75, 3.05) is 5.32 Å². The van der Waals surface area contributed by atoms with Gasteiger partial charge in [0.25, 0.3) is 5.69 Å². The molecule has 0 radical (unpaired) electrons. The van der Waals surface area contributed by atoms with Gasteiger partial charge in [-0.3, -0.25) is 19.7 Å². The Morgan fingerprint density at radius 2 is 1.90 bits per heavy atom. The lowest BCUT2D eigenvalue weighted by Gasteiger charge is -2.04. The van der Waals surface area contributed by atoms with Crippen molar-refractivity contribution >= 4 is 29.4 Å². The minimum Gasteiger partial charge on any atom is -0.455 e. The molecule has 0 saturated heterocycles. The summed E-state index contributed by atoms with van der Waals surface area (Å²) < 4.78 is 19.1. The molecule has 9 nitrogen and oxygen atoms in total. The van der Waals surface area contributed by atoms with Crippen molar-refractivity contribution in [3.8, 4) is 11.3 Å². The zero-order chi connectivity index (χ0) is 21.7. The van der Waals surface area contributed by atoms with Crippen LogP contribution < -0.4 is 10.7 Å². The normalized spacial score (nSPS) is 10.7. The Morgan fingerprint density at radius 1 is 1.13 bits per heavy atom. The third kappa shape index (κ3) is 4.73. The Bertz CT molecular complexity index is 1160. The highest BCUT2D eigenvalue weighted by Crippen LogP contribution is 2.28. The average Bonchev–Trinajstić information content (AvgIpc) is 3.18. The lowest BCUT2D eigenvalue weighted by atomic mass is 10.1. The van der Waals surface area contributed by atoms with Gasteiger partial charge in [0.15, 0.2) is 0 Å². The van der Waals surface area contributed by atoms with Crippen molar-refractivity contribution in [3.63, 3.8) is 0 Å². The molecule has 0 aliphatic heterocycles. The van der Waals surface area contributed by atoms with Crippen LogP contribution in [-0.2, 0) is 9.59 Å². The first kappa shape index (κ1) is 20.4. The van der Waals surface area contributed by atoms with Gasteiger partial charge < -0.3 is 9.73 Å². The van der Waals surface area contributed by atoms with E-state index in [0.29, 0.717) is 16.9 Å². The number of aryl methyl sites for hydroxylation is 1. The van der Waals surface area contributed by atoms with Gasteiger partial charge in [0.1, 0.15) is 17.3 Å². The zero-order valence-electron chi connectivity index (χ0n) is 15.6. The zero-order valence-corrected chi connectivity index (χ0v) is 15.6. The molecule has 0 unspecified atom stereocenters. The molecule has 1 aromatic heterocycles. The van der Waals surface area contributed by atoms with E-state index >= 15 is 0 Å². The number of benzene rings is 2. The summed E-state index contributed by atoms with van der Waals surface area (Å²) in [5, 5.41) is 16.6. The molecule has 2 N–H and O–H groups in total. The summed E-state index contributed by atoms with van der Waals surface area (Å²) in [6.45, 7) is 1.72. The van der Waals surface area contributed by atoms with Crippen LogP contribution in [0.5, 0.6) is 0 Å². The SMILES string of the molecule is Cc1cc([N+](=O)[O-])ccc1-c1ccc(/C=N/NC(=O)C(=O)Nc2ccccc2F)o1. The molecule has 3 aromatic rings. The molecule has 1 heterocycles. The number of carbonyl (C=O) groups excluding carboxylic acids is 2. The molecule has 0 bridgehead atoms. The molecular weight excluding hydrogens is 395 g/mol. The summed E-state index contributed by atoms with van der Waals surface area (Å²) in [4.78, 5) is 33.9. The molecule has 0 atom stereocenters. The average molecular weight is 410 g/mol. The van der Waals surface area contributed by atoms with E-state index in [4.69, 9.17) is 4.42 Å². The molecule has 3 rings (SSSR count). The quantitative estimate of drug-likeness (QED) is 0.288. The van der Waals surface area contributed by atoms with Crippen LogP contribution in [0.15, 0.2) is 64.1 Å². The summed E-state index contributed by atoms with van der Waals surface area (Å²) in [7, 11) is 0. The van der Waals surface area contributed by atoms with Gasteiger partial charge in [-0.15, -0.1) is 0 Å². The molecule has 10 heteroatoms. The number of nitrogens with zero attached hydrogens (tertiary/aromatic N) is 2. The van der Waals surface area contributed by atoms with Gasteiger partial charge in [0.05, 0.1) is 16.8 Å². The Morgan fingerprint density at radius 3 is 2.60 bits per heavy atom. The number of halogens is 1. The van der Waals surface area contributed by atoms with E-state index < -0.39 is 22.6 Å². The Kier molecular flexibility index (Phi) is 5.97. The van der Waals surface area contributed by atoms with Crippen LogP contribution >= 0.6 is 0 Å². The van der Waals surface area contributed by atoms with Gasteiger partial charge in [-0.05, 0) is 42.8 Å². The van der Waals surface area contributed by atoms with Crippen LogP contribution in [0.25, 0.3) is 11.3 Å². The maximum atomic E-state index is 13.5.